The van der Waals surface area contributed by atoms with Gasteiger partial charge in [0.2, 0.25) is 0 Å². The highest BCUT2D eigenvalue weighted by atomic mass is 16.5. The highest BCUT2D eigenvalue weighted by Gasteiger charge is 2.35. The summed E-state index contributed by atoms with van der Waals surface area (Å²) in [4.78, 5) is 19.2. The highest BCUT2D eigenvalue weighted by Crippen LogP contribution is 2.32. The molecule has 0 amide bonds. The first kappa shape index (κ1) is 27.0. The molecule has 2 atom stereocenters. The predicted octanol–water partition coefficient (Wildman–Crippen LogP) is 4.61. The van der Waals surface area contributed by atoms with E-state index >= 15 is 0 Å². The zero-order valence-corrected chi connectivity index (χ0v) is 23.5. The fourth-order valence-corrected chi connectivity index (χ4v) is 5.35. The first-order valence-electron chi connectivity index (χ1n) is 13.7. The number of nitrogens with zero attached hydrogens (tertiary/aromatic N) is 5. The summed E-state index contributed by atoms with van der Waals surface area (Å²) in [6.45, 7) is 10.3. The van der Waals surface area contributed by atoms with E-state index in [0.717, 1.165) is 48.1 Å². The number of tetrazole rings is 1. The molecule has 2 aromatic heterocycles. The van der Waals surface area contributed by atoms with Crippen LogP contribution in [0.15, 0.2) is 53.3 Å². The molecule has 2 unspecified atom stereocenters. The molecule has 3 heterocycles. The zero-order chi connectivity index (χ0) is 27.6. The minimum Gasteiger partial charge on any atom is -0.497 e. The van der Waals surface area contributed by atoms with Crippen molar-refractivity contribution in [2.45, 2.75) is 71.2 Å². The van der Waals surface area contributed by atoms with E-state index in [1.165, 1.54) is 5.56 Å². The fraction of sp³-hybridized carbons (Fsp3) is 0.467. The minimum absolute atomic E-state index is 0.0586. The summed E-state index contributed by atoms with van der Waals surface area (Å²) in [5, 5.41) is 14.0. The predicted molar refractivity (Wildman–Crippen MR) is 151 cm³/mol. The van der Waals surface area contributed by atoms with Crippen LogP contribution in [-0.2, 0) is 23.2 Å². The monoisotopic (exact) mass is 530 g/mol. The summed E-state index contributed by atoms with van der Waals surface area (Å²) in [6, 6.07) is 15.7. The number of aromatic nitrogens is 5. The van der Waals surface area contributed by atoms with E-state index in [1.807, 2.05) is 35.0 Å². The second-order valence-corrected chi connectivity index (χ2v) is 11.3. The summed E-state index contributed by atoms with van der Waals surface area (Å²) in [6.07, 6.45) is 2.97. The SMILES string of the molecule is CCc1ccc2[nH]c(=O)c(C(c3nnnn3C(C)(C)C)N(Cc3cccc(OC)c3)CC3CCCO3)cc2c1. The van der Waals surface area contributed by atoms with Crippen molar-refractivity contribution in [3.05, 3.63) is 81.4 Å². The minimum atomic E-state index is -0.506. The summed E-state index contributed by atoms with van der Waals surface area (Å²) in [7, 11) is 1.67. The van der Waals surface area contributed by atoms with Crippen molar-refractivity contribution in [2.24, 2.45) is 0 Å². The van der Waals surface area contributed by atoms with Gasteiger partial charge in [-0.05, 0) is 97.3 Å². The Morgan fingerprint density at radius 1 is 1.18 bits per heavy atom. The Balaban J connectivity index is 1.70. The van der Waals surface area contributed by atoms with E-state index in [0.29, 0.717) is 24.5 Å². The first-order valence-corrected chi connectivity index (χ1v) is 13.7. The van der Waals surface area contributed by atoms with Gasteiger partial charge in [0, 0.05) is 30.8 Å². The van der Waals surface area contributed by atoms with E-state index in [1.54, 1.807) is 7.11 Å². The summed E-state index contributed by atoms with van der Waals surface area (Å²) < 4.78 is 13.4. The third-order valence-electron chi connectivity index (χ3n) is 7.36. The Bertz CT molecular complexity index is 1480. The molecular formula is C30H38N6O3. The van der Waals surface area contributed by atoms with Crippen LogP contribution in [-0.4, -0.2) is 56.5 Å². The van der Waals surface area contributed by atoms with Crippen molar-refractivity contribution >= 4 is 10.9 Å². The average Bonchev–Trinajstić information content (AvgIpc) is 3.61. The molecule has 0 saturated carbocycles. The van der Waals surface area contributed by atoms with Gasteiger partial charge in [-0.25, -0.2) is 4.68 Å². The summed E-state index contributed by atoms with van der Waals surface area (Å²) in [5.74, 6) is 1.41. The van der Waals surface area contributed by atoms with Gasteiger partial charge in [0.1, 0.15) is 11.8 Å². The number of benzene rings is 2. The van der Waals surface area contributed by atoms with Crippen molar-refractivity contribution in [1.29, 1.82) is 0 Å². The Labute approximate surface area is 229 Å². The Morgan fingerprint density at radius 2 is 2.03 bits per heavy atom. The van der Waals surface area contributed by atoms with Gasteiger partial charge in [0.05, 0.1) is 18.8 Å². The molecular weight excluding hydrogens is 492 g/mol. The van der Waals surface area contributed by atoms with Crippen molar-refractivity contribution < 1.29 is 9.47 Å². The molecule has 9 nitrogen and oxygen atoms in total. The molecule has 206 valence electrons. The van der Waals surface area contributed by atoms with Gasteiger partial charge in [-0.3, -0.25) is 9.69 Å². The van der Waals surface area contributed by atoms with Crippen molar-refractivity contribution in [3.63, 3.8) is 0 Å². The molecule has 1 aliphatic heterocycles. The number of nitrogens with one attached hydrogen (secondary N) is 1. The number of rotatable bonds is 9. The molecule has 2 aromatic carbocycles. The Kier molecular flexibility index (Phi) is 7.81. The molecule has 1 N–H and O–H groups in total. The topological polar surface area (TPSA) is 98.2 Å². The van der Waals surface area contributed by atoms with Crippen molar-refractivity contribution in [1.82, 2.24) is 30.1 Å². The van der Waals surface area contributed by atoms with E-state index in [9.17, 15) is 4.79 Å². The summed E-state index contributed by atoms with van der Waals surface area (Å²) >= 11 is 0. The number of pyridine rings is 1. The van der Waals surface area contributed by atoms with E-state index in [2.05, 4.69) is 71.3 Å². The van der Waals surface area contributed by atoms with Crippen molar-refractivity contribution in [2.75, 3.05) is 20.3 Å². The van der Waals surface area contributed by atoms with Gasteiger partial charge < -0.3 is 14.5 Å². The molecule has 39 heavy (non-hydrogen) atoms. The van der Waals surface area contributed by atoms with Crippen LogP contribution < -0.4 is 10.3 Å². The average molecular weight is 531 g/mol. The molecule has 0 radical (unpaired) electrons. The maximum Gasteiger partial charge on any atom is 0.253 e. The Morgan fingerprint density at radius 3 is 2.74 bits per heavy atom. The fourth-order valence-electron chi connectivity index (χ4n) is 5.35. The van der Waals surface area contributed by atoms with Gasteiger partial charge in [0.15, 0.2) is 5.82 Å². The molecule has 0 aliphatic carbocycles. The lowest BCUT2D eigenvalue weighted by Crippen LogP contribution is -2.40. The van der Waals surface area contributed by atoms with Crippen LogP contribution in [0.3, 0.4) is 0 Å². The third-order valence-corrected chi connectivity index (χ3v) is 7.36. The number of hydrogen-bond donors (Lipinski definition) is 1. The van der Waals surface area contributed by atoms with Crippen LogP contribution in [0.1, 0.15) is 69.1 Å². The van der Waals surface area contributed by atoms with Gasteiger partial charge in [-0.15, -0.1) is 5.10 Å². The van der Waals surface area contributed by atoms with Crippen LogP contribution in [0.25, 0.3) is 10.9 Å². The first-order chi connectivity index (χ1) is 18.8. The maximum atomic E-state index is 13.8. The van der Waals surface area contributed by atoms with Crippen LogP contribution in [0.2, 0.25) is 0 Å². The molecule has 0 spiro atoms. The lowest BCUT2D eigenvalue weighted by atomic mass is 9.99. The second-order valence-electron chi connectivity index (χ2n) is 11.3. The molecule has 1 saturated heterocycles. The van der Waals surface area contributed by atoms with Crippen LogP contribution in [0, 0.1) is 0 Å². The van der Waals surface area contributed by atoms with Crippen molar-refractivity contribution in [3.8, 4) is 5.75 Å². The number of aryl methyl sites for hydroxylation is 1. The normalized spacial score (nSPS) is 16.7. The quantitative estimate of drug-likeness (QED) is 0.337. The lowest BCUT2D eigenvalue weighted by Gasteiger charge is -2.34. The molecule has 1 aliphatic rings. The largest absolute Gasteiger partial charge is 0.497 e. The number of hydrogen-bond acceptors (Lipinski definition) is 7. The number of fused-ring (bicyclic) bond motifs is 1. The zero-order valence-electron chi connectivity index (χ0n) is 23.5. The summed E-state index contributed by atoms with van der Waals surface area (Å²) in [5.41, 5.74) is 3.16. The smallest absolute Gasteiger partial charge is 0.253 e. The highest BCUT2D eigenvalue weighted by molar-refractivity contribution is 5.80. The number of aromatic amines is 1. The Hall–Kier alpha value is -3.56. The lowest BCUT2D eigenvalue weighted by molar-refractivity contribution is 0.0564. The second kappa shape index (κ2) is 11.3. The van der Waals surface area contributed by atoms with E-state index < -0.39 is 6.04 Å². The molecule has 9 heteroatoms. The molecule has 4 aromatic rings. The molecule has 0 bridgehead atoms. The van der Waals surface area contributed by atoms with E-state index in [4.69, 9.17) is 9.47 Å². The number of H-pyrrole nitrogens is 1. The van der Waals surface area contributed by atoms with E-state index in [-0.39, 0.29) is 17.2 Å². The van der Waals surface area contributed by atoms with Gasteiger partial charge in [-0.2, -0.15) is 0 Å². The van der Waals surface area contributed by atoms with Crippen LogP contribution >= 0.6 is 0 Å². The number of ether oxygens (including phenoxy) is 2. The number of methoxy groups -OCH3 is 1. The standard InChI is InChI=1S/C30H38N6O3/c1-6-20-12-13-26-22(15-20)17-25(29(37)31-26)27(28-32-33-34-36(28)30(2,3)4)35(19-24-11-8-14-39-24)18-21-9-7-10-23(16-21)38-5/h7,9-10,12-13,15-17,24,27H,6,8,11,14,18-19H2,1-5H3,(H,31,37). The maximum absolute atomic E-state index is 13.8. The third kappa shape index (κ3) is 5.89. The molecule has 1 fully saturated rings. The molecule has 5 rings (SSSR count). The van der Waals surface area contributed by atoms with Crippen LogP contribution in [0.4, 0.5) is 0 Å². The van der Waals surface area contributed by atoms with Crippen LogP contribution in [0.5, 0.6) is 5.75 Å². The van der Waals surface area contributed by atoms with Gasteiger partial charge in [-0.1, -0.05) is 25.1 Å². The van der Waals surface area contributed by atoms with Gasteiger partial charge >= 0.3 is 0 Å². The van der Waals surface area contributed by atoms with Gasteiger partial charge in [0.25, 0.3) is 5.56 Å².